The number of halogens is 1. The molecule has 0 saturated heterocycles. The van der Waals surface area contributed by atoms with Crippen molar-refractivity contribution in [2.75, 3.05) is 6.54 Å². The van der Waals surface area contributed by atoms with E-state index in [9.17, 15) is 4.39 Å². The number of benzene rings is 1. The number of hydrogen-bond acceptors (Lipinski definition) is 3. The third-order valence-corrected chi connectivity index (χ3v) is 3.74. The molecule has 0 aliphatic rings. The maximum absolute atomic E-state index is 13.6. The Morgan fingerprint density at radius 1 is 1.28 bits per heavy atom. The number of rotatable bonds is 4. The van der Waals surface area contributed by atoms with Crippen molar-refractivity contribution in [2.24, 2.45) is 5.73 Å². The maximum Gasteiger partial charge on any atom is 0.165 e. The first-order valence-corrected chi connectivity index (χ1v) is 6.61. The van der Waals surface area contributed by atoms with Gasteiger partial charge in [0.1, 0.15) is 6.10 Å². The highest BCUT2D eigenvalue weighted by atomic mass is 32.1. The quantitative estimate of drug-likeness (QED) is 0.917. The Bertz CT molecular complexity index is 538. The fraction of sp³-hybridized carbons (Fsp3) is 0.286. The Kier molecular flexibility index (Phi) is 3.99. The minimum Gasteiger partial charge on any atom is -0.480 e. The minimum absolute atomic E-state index is 0.261. The van der Waals surface area contributed by atoms with E-state index in [0.717, 1.165) is 10.4 Å². The molecule has 2 rings (SSSR count). The van der Waals surface area contributed by atoms with Gasteiger partial charge in [0.25, 0.3) is 0 Å². The van der Waals surface area contributed by atoms with Gasteiger partial charge >= 0.3 is 0 Å². The van der Waals surface area contributed by atoms with Crippen molar-refractivity contribution in [3.8, 4) is 5.75 Å². The van der Waals surface area contributed by atoms with Crippen molar-refractivity contribution in [3.63, 3.8) is 0 Å². The van der Waals surface area contributed by atoms with Gasteiger partial charge in [-0.25, -0.2) is 4.39 Å². The summed E-state index contributed by atoms with van der Waals surface area (Å²) in [7, 11) is 0. The molecule has 2 aromatic rings. The molecule has 0 amide bonds. The summed E-state index contributed by atoms with van der Waals surface area (Å²) < 4.78 is 19.3. The minimum atomic E-state index is -0.354. The maximum atomic E-state index is 13.6. The van der Waals surface area contributed by atoms with Crippen LogP contribution in [0.2, 0.25) is 0 Å². The summed E-state index contributed by atoms with van der Waals surface area (Å²) in [6.07, 6.45) is -0.292. The van der Waals surface area contributed by atoms with E-state index in [1.165, 1.54) is 10.9 Å². The Morgan fingerprint density at radius 2 is 2.06 bits per heavy atom. The third-order valence-electron chi connectivity index (χ3n) is 2.65. The van der Waals surface area contributed by atoms with Crippen molar-refractivity contribution in [1.82, 2.24) is 0 Å². The average Bonchev–Trinajstić information content (AvgIpc) is 2.77. The molecule has 0 aliphatic heterocycles. The summed E-state index contributed by atoms with van der Waals surface area (Å²) in [4.78, 5) is 2.22. The Labute approximate surface area is 110 Å². The molecule has 0 radical (unpaired) electrons. The third kappa shape index (κ3) is 2.89. The molecule has 96 valence electrons. The van der Waals surface area contributed by atoms with E-state index in [4.69, 9.17) is 10.5 Å². The first-order chi connectivity index (χ1) is 8.60. The second-order valence-electron chi connectivity index (χ2n) is 4.22. The summed E-state index contributed by atoms with van der Waals surface area (Å²) in [6, 6.07) is 8.81. The van der Waals surface area contributed by atoms with E-state index in [0.29, 0.717) is 6.54 Å². The molecule has 4 heteroatoms. The van der Waals surface area contributed by atoms with E-state index < -0.39 is 0 Å². The first kappa shape index (κ1) is 13.1. The smallest absolute Gasteiger partial charge is 0.165 e. The number of nitrogens with two attached hydrogens (primary N) is 1. The summed E-state index contributed by atoms with van der Waals surface area (Å²) >= 11 is 1.62. The lowest BCUT2D eigenvalue weighted by atomic mass is 10.2. The van der Waals surface area contributed by atoms with Crippen LogP contribution in [0.4, 0.5) is 4.39 Å². The average molecular weight is 265 g/mol. The second-order valence-corrected chi connectivity index (χ2v) is 5.54. The van der Waals surface area contributed by atoms with Crippen LogP contribution in [0.3, 0.4) is 0 Å². The Hall–Kier alpha value is -1.39. The van der Waals surface area contributed by atoms with Crippen LogP contribution in [-0.4, -0.2) is 6.54 Å². The highest BCUT2D eigenvalue weighted by molar-refractivity contribution is 7.12. The topological polar surface area (TPSA) is 35.2 Å². The number of thiophene rings is 1. The first-order valence-electron chi connectivity index (χ1n) is 5.79. The number of aryl methyl sites for hydroxylation is 2. The molecule has 2 N–H and O–H groups in total. The molecule has 2 nitrogen and oxygen atoms in total. The molecule has 1 aromatic heterocycles. The van der Waals surface area contributed by atoms with Gasteiger partial charge in [-0.15, -0.1) is 11.3 Å². The van der Waals surface area contributed by atoms with Crippen molar-refractivity contribution in [2.45, 2.75) is 20.0 Å². The van der Waals surface area contributed by atoms with Crippen LogP contribution in [0, 0.1) is 19.7 Å². The SMILES string of the molecule is Cc1ccc(F)c(OC(CN)c2ccc(C)s2)c1. The van der Waals surface area contributed by atoms with Gasteiger partial charge in [0, 0.05) is 16.3 Å². The molecular formula is C14H16FNOS. The van der Waals surface area contributed by atoms with Gasteiger partial charge in [-0.05, 0) is 43.7 Å². The van der Waals surface area contributed by atoms with Gasteiger partial charge in [0.05, 0.1) is 0 Å². The van der Waals surface area contributed by atoms with Gasteiger partial charge in [0.15, 0.2) is 11.6 Å². The molecule has 0 fully saturated rings. The van der Waals surface area contributed by atoms with Gasteiger partial charge in [-0.3, -0.25) is 0 Å². The molecule has 0 saturated carbocycles. The molecule has 0 spiro atoms. The molecular weight excluding hydrogens is 249 g/mol. The predicted octanol–water partition coefficient (Wildman–Crippen LogP) is 3.58. The summed E-state index contributed by atoms with van der Waals surface area (Å²) in [5.41, 5.74) is 6.67. The fourth-order valence-corrected chi connectivity index (χ4v) is 2.62. The van der Waals surface area contributed by atoms with Crippen molar-refractivity contribution < 1.29 is 9.13 Å². The van der Waals surface area contributed by atoms with E-state index in [-0.39, 0.29) is 17.7 Å². The standard InChI is InChI=1S/C14H16FNOS/c1-9-3-5-11(15)12(7-9)17-13(8-16)14-6-4-10(2)18-14/h3-7,13H,8,16H2,1-2H3. The van der Waals surface area contributed by atoms with Crippen molar-refractivity contribution in [3.05, 3.63) is 51.5 Å². The van der Waals surface area contributed by atoms with Crippen molar-refractivity contribution in [1.29, 1.82) is 0 Å². The van der Waals surface area contributed by atoms with Gasteiger partial charge < -0.3 is 10.5 Å². The fourth-order valence-electron chi connectivity index (χ4n) is 1.70. The van der Waals surface area contributed by atoms with Gasteiger partial charge in [-0.2, -0.15) is 0 Å². The zero-order valence-electron chi connectivity index (χ0n) is 10.4. The molecule has 1 atom stereocenters. The highest BCUT2D eigenvalue weighted by Gasteiger charge is 2.15. The summed E-state index contributed by atoms with van der Waals surface area (Å²) in [5.74, 6) is -0.0937. The zero-order valence-corrected chi connectivity index (χ0v) is 11.3. The largest absolute Gasteiger partial charge is 0.480 e. The van der Waals surface area contributed by atoms with Crippen LogP contribution in [0.1, 0.15) is 21.4 Å². The van der Waals surface area contributed by atoms with Crippen LogP contribution in [0.15, 0.2) is 30.3 Å². The molecule has 1 heterocycles. The number of ether oxygens (including phenoxy) is 1. The van der Waals surface area contributed by atoms with Crippen LogP contribution in [-0.2, 0) is 0 Å². The van der Waals surface area contributed by atoms with Crippen molar-refractivity contribution >= 4 is 11.3 Å². The molecule has 0 aliphatic carbocycles. The molecule has 1 aromatic carbocycles. The van der Waals surface area contributed by atoms with Crippen LogP contribution in [0.25, 0.3) is 0 Å². The molecule has 1 unspecified atom stereocenters. The van der Waals surface area contributed by atoms with Gasteiger partial charge in [0.2, 0.25) is 0 Å². The number of hydrogen-bond donors (Lipinski definition) is 1. The zero-order chi connectivity index (χ0) is 13.1. The van der Waals surface area contributed by atoms with Crippen LogP contribution in [0.5, 0.6) is 5.75 Å². The van der Waals surface area contributed by atoms with E-state index in [1.54, 1.807) is 23.5 Å². The van der Waals surface area contributed by atoms with E-state index in [1.807, 2.05) is 26.0 Å². The summed E-state index contributed by atoms with van der Waals surface area (Å²) in [6.45, 7) is 4.25. The lowest BCUT2D eigenvalue weighted by molar-refractivity contribution is 0.208. The summed E-state index contributed by atoms with van der Waals surface area (Å²) in [5, 5.41) is 0. The van der Waals surface area contributed by atoms with Crippen LogP contribution >= 0.6 is 11.3 Å². The van der Waals surface area contributed by atoms with E-state index in [2.05, 4.69) is 0 Å². The van der Waals surface area contributed by atoms with Crippen LogP contribution < -0.4 is 10.5 Å². The lowest BCUT2D eigenvalue weighted by Gasteiger charge is -2.16. The normalized spacial score (nSPS) is 12.4. The van der Waals surface area contributed by atoms with E-state index >= 15 is 0 Å². The predicted molar refractivity (Wildman–Crippen MR) is 72.6 cm³/mol. The Balaban J connectivity index is 2.22. The molecule has 0 bridgehead atoms. The second kappa shape index (κ2) is 5.50. The monoisotopic (exact) mass is 265 g/mol. The van der Waals surface area contributed by atoms with Gasteiger partial charge in [-0.1, -0.05) is 6.07 Å². The lowest BCUT2D eigenvalue weighted by Crippen LogP contribution is -2.17. The highest BCUT2D eigenvalue weighted by Crippen LogP contribution is 2.28. The molecule has 18 heavy (non-hydrogen) atoms. The Morgan fingerprint density at radius 3 is 2.67 bits per heavy atom.